The van der Waals surface area contributed by atoms with Crippen molar-refractivity contribution < 1.29 is 4.79 Å². The van der Waals surface area contributed by atoms with Crippen molar-refractivity contribution in [2.24, 2.45) is 0 Å². The number of hydrogen-bond acceptors (Lipinski definition) is 4. The molecule has 2 aromatic heterocycles. The molecule has 0 unspecified atom stereocenters. The highest BCUT2D eigenvalue weighted by molar-refractivity contribution is 7.99. The number of aryl methyl sites for hydroxylation is 1. The molecule has 2 heterocycles. The number of carbonyl (C=O) groups excluding carboxylic acids is 1. The maximum Gasteiger partial charge on any atom is 0.234 e. The van der Waals surface area contributed by atoms with Crippen molar-refractivity contribution in [2.45, 2.75) is 18.6 Å². The smallest absolute Gasteiger partial charge is 0.234 e. The Morgan fingerprint density at radius 2 is 1.77 bits per heavy atom. The third-order valence-electron chi connectivity index (χ3n) is 5.31. The van der Waals surface area contributed by atoms with E-state index in [0.717, 1.165) is 28.5 Å². The van der Waals surface area contributed by atoms with E-state index in [2.05, 4.69) is 51.0 Å². The summed E-state index contributed by atoms with van der Waals surface area (Å²) in [6.07, 6.45) is 0. The number of nitrogens with one attached hydrogen (secondary N) is 2. The van der Waals surface area contributed by atoms with Crippen LogP contribution in [0.25, 0.3) is 32.7 Å². The maximum absolute atomic E-state index is 12.6. The molecular weight excluding hydrogens is 424 g/mol. The Bertz CT molecular complexity index is 1500. The fourth-order valence-corrected chi connectivity index (χ4v) is 4.95. The first-order valence-electron chi connectivity index (χ1n) is 10.1. The van der Waals surface area contributed by atoms with Gasteiger partial charge in [-0.25, -0.2) is 4.98 Å². The normalized spacial score (nSPS) is 11.4. The third kappa shape index (κ3) is 3.71. The lowest BCUT2D eigenvalue weighted by atomic mass is 10.1. The second-order valence-electron chi connectivity index (χ2n) is 7.22. The first kappa shape index (κ1) is 19.8. The summed E-state index contributed by atoms with van der Waals surface area (Å²) in [5.74, 6) is 0.156. The van der Waals surface area contributed by atoms with Crippen LogP contribution in [0.5, 0.6) is 0 Å². The Morgan fingerprint density at radius 3 is 2.61 bits per heavy atom. The second kappa shape index (κ2) is 8.17. The molecule has 0 atom stereocenters. The van der Waals surface area contributed by atoms with Crippen LogP contribution in [-0.2, 0) is 11.3 Å². The van der Waals surface area contributed by atoms with Crippen molar-refractivity contribution in [3.05, 3.63) is 71.4 Å². The number of amides is 1. The van der Waals surface area contributed by atoms with E-state index in [1.807, 2.05) is 42.5 Å². The van der Waals surface area contributed by atoms with Crippen LogP contribution in [0.1, 0.15) is 6.92 Å². The Kier molecular flexibility index (Phi) is 5.21. The van der Waals surface area contributed by atoms with Gasteiger partial charge in [0.25, 0.3) is 0 Å². The van der Waals surface area contributed by atoms with Gasteiger partial charge in [-0.05, 0) is 43.3 Å². The number of thioether (sulfide) groups is 1. The van der Waals surface area contributed by atoms with E-state index in [0.29, 0.717) is 9.80 Å². The van der Waals surface area contributed by atoms with E-state index in [4.69, 9.17) is 12.2 Å². The van der Waals surface area contributed by atoms with E-state index >= 15 is 0 Å². The van der Waals surface area contributed by atoms with E-state index in [1.54, 1.807) is 0 Å². The predicted molar refractivity (Wildman–Crippen MR) is 131 cm³/mol. The lowest BCUT2D eigenvalue weighted by Gasteiger charge is -2.07. The average molecular weight is 445 g/mol. The highest BCUT2D eigenvalue weighted by Crippen LogP contribution is 2.31. The maximum atomic E-state index is 12.6. The number of aromatic amines is 1. The Labute approximate surface area is 188 Å². The van der Waals surface area contributed by atoms with Gasteiger partial charge in [0, 0.05) is 39.4 Å². The summed E-state index contributed by atoms with van der Waals surface area (Å²) in [4.78, 5) is 20.2. The minimum Gasteiger partial charge on any atom is -0.341 e. The van der Waals surface area contributed by atoms with Gasteiger partial charge in [0.15, 0.2) is 5.16 Å². The molecule has 0 saturated heterocycles. The minimum absolute atomic E-state index is 0.0853. The molecule has 0 aliphatic carbocycles. The second-order valence-corrected chi connectivity index (χ2v) is 8.57. The summed E-state index contributed by atoms with van der Waals surface area (Å²) in [5.41, 5.74) is 4.08. The molecule has 3 aromatic carbocycles. The van der Waals surface area contributed by atoms with E-state index in [9.17, 15) is 4.79 Å². The third-order valence-corrected chi connectivity index (χ3v) is 6.50. The summed E-state index contributed by atoms with van der Waals surface area (Å²) in [5, 5.41) is 6.89. The first-order chi connectivity index (χ1) is 15.1. The van der Waals surface area contributed by atoms with Crippen LogP contribution in [-0.4, -0.2) is 26.2 Å². The number of anilines is 1. The fourth-order valence-electron chi connectivity index (χ4n) is 3.95. The molecule has 0 radical (unpaired) electrons. The number of carbonyl (C=O) groups is 1. The van der Waals surface area contributed by atoms with Gasteiger partial charge in [0.2, 0.25) is 5.91 Å². The van der Waals surface area contributed by atoms with Gasteiger partial charge in [-0.2, -0.15) is 0 Å². The van der Waals surface area contributed by atoms with Gasteiger partial charge in [0.05, 0.1) is 11.3 Å². The molecule has 0 saturated carbocycles. The molecule has 5 rings (SSSR count). The molecule has 154 valence electrons. The number of H-pyrrole nitrogens is 1. The number of rotatable bonds is 5. The SMILES string of the molecule is CCn1c2ccccc2c2cc(NC(=O)CSc3nc(=S)c4ccccc4[nH]3)ccc21. The van der Waals surface area contributed by atoms with Crippen molar-refractivity contribution in [3.63, 3.8) is 0 Å². The van der Waals surface area contributed by atoms with Gasteiger partial charge in [-0.1, -0.05) is 54.3 Å². The first-order valence-corrected chi connectivity index (χ1v) is 11.5. The number of hydrogen-bond donors (Lipinski definition) is 2. The summed E-state index contributed by atoms with van der Waals surface area (Å²) >= 11 is 6.72. The topological polar surface area (TPSA) is 62.7 Å². The Hall–Kier alpha value is -3.16. The fraction of sp³-hybridized carbons (Fsp3) is 0.125. The van der Waals surface area contributed by atoms with Crippen molar-refractivity contribution in [2.75, 3.05) is 11.1 Å². The van der Waals surface area contributed by atoms with Crippen molar-refractivity contribution >= 4 is 68.3 Å². The van der Waals surface area contributed by atoms with E-state index < -0.39 is 0 Å². The standard InChI is InChI=1S/C24H20N4OS2/c1-2-28-20-10-6-4-7-16(20)18-13-15(11-12-21(18)28)25-22(29)14-31-24-26-19-9-5-3-8-17(19)23(30)27-24/h3-13H,2,14H2,1H3,(H,25,29)(H,26,27,30). The molecule has 5 nitrogen and oxygen atoms in total. The number of fused-ring (bicyclic) bond motifs is 4. The summed E-state index contributed by atoms with van der Waals surface area (Å²) in [6, 6.07) is 22.2. The number of aromatic nitrogens is 3. The Morgan fingerprint density at radius 1 is 1.03 bits per heavy atom. The molecule has 0 aliphatic heterocycles. The molecule has 0 aliphatic rings. The molecular formula is C24H20N4OS2. The average Bonchev–Trinajstić information content (AvgIpc) is 3.11. The molecule has 2 N–H and O–H groups in total. The van der Waals surface area contributed by atoms with Crippen molar-refractivity contribution in [1.82, 2.24) is 14.5 Å². The van der Waals surface area contributed by atoms with Crippen LogP contribution in [0.4, 0.5) is 5.69 Å². The monoisotopic (exact) mass is 444 g/mol. The van der Waals surface area contributed by atoms with E-state index in [-0.39, 0.29) is 11.7 Å². The van der Waals surface area contributed by atoms with Gasteiger partial charge in [-0.15, -0.1) is 0 Å². The highest BCUT2D eigenvalue weighted by atomic mass is 32.2. The summed E-state index contributed by atoms with van der Waals surface area (Å²) < 4.78 is 2.83. The van der Waals surface area contributed by atoms with Gasteiger partial charge in [-0.3, -0.25) is 4.79 Å². The highest BCUT2D eigenvalue weighted by Gasteiger charge is 2.11. The molecule has 7 heteroatoms. The number of para-hydroxylation sites is 2. The van der Waals surface area contributed by atoms with Crippen LogP contribution in [0.15, 0.2) is 71.9 Å². The van der Waals surface area contributed by atoms with Gasteiger partial charge >= 0.3 is 0 Å². The number of nitrogens with zero attached hydrogens (tertiary/aromatic N) is 2. The Balaban J connectivity index is 1.36. The molecule has 31 heavy (non-hydrogen) atoms. The van der Waals surface area contributed by atoms with Crippen LogP contribution in [0.2, 0.25) is 0 Å². The summed E-state index contributed by atoms with van der Waals surface area (Å²) in [7, 11) is 0. The van der Waals surface area contributed by atoms with Crippen molar-refractivity contribution in [1.29, 1.82) is 0 Å². The largest absolute Gasteiger partial charge is 0.341 e. The minimum atomic E-state index is -0.0853. The van der Waals surface area contributed by atoms with Crippen LogP contribution in [0.3, 0.4) is 0 Å². The molecule has 5 aromatic rings. The zero-order chi connectivity index (χ0) is 21.4. The van der Waals surface area contributed by atoms with Crippen molar-refractivity contribution in [3.8, 4) is 0 Å². The zero-order valence-corrected chi connectivity index (χ0v) is 18.5. The molecule has 0 bridgehead atoms. The molecule has 0 fully saturated rings. The molecule has 1 amide bonds. The van der Waals surface area contributed by atoms with E-state index in [1.165, 1.54) is 28.2 Å². The predicted octanol–water partition coefficient (Wildman–Crippen LogP) is 6.15. The zero-order valence-electron chi connectivity index (χ0n) is 16.9. The quantitative estimate of drug-likeness (QED) is 0.194. The molecule has 0 spiro atoms. The van der Waals surface area contributed by atoms with Crippen LogP contribution in [0, 0.1) is 4.64 Å². The number of benzene rings is 3. The lowest BCUT2D eigenvalue weighted by Crippen LogP contribution is -2.14. The summed E-state index contributed by atoms with van der Waals surface area (Å²) in [6.45, 7) is 3.04. The van der Waals surface area contributed by atoms with Gasteiger partial charge in [0.1, 0.15) is 4.64 Å². The van der Waals surface area contributed by atoms with Crippen LogP contribution >= 0.6 is 24.0 Å². The van der Waals surface area contributed by atoms with Gasteiger partial charge < -0.3 is 14.9 Å². The van der Waals surface area contributed by atoms with Crippen LogP contribution < -0.4 is 5.32 Å². The lowest BCUT2D eigenvalue weighted by molar-refractivity contribution is -0.113.